The van der Waals surface area contributed by atoms with Gasteiger partial charge in [0.2, 0.25) is 5.91 Å². The van der Waals surface area contributed by atoms with Crippen LogP contribution in [0.1, 0.15) is 27.5 Å². The topological polar surface area (TPSA) is 88.5 Å². The maximum Gasteiger partial charge on any atom is 0.355 e. The number of amides is 1. The molecule has 1 amide bonds. The molecule has 116 valence electrons. The Morgan fingerprint density at radius 3 is 2.91 bits per heavy atom. The number of carbonyl (C=O) groups excluding carboxylic acids is 1. The summed E-state index contributed by atoms with van der Waals surface area (Å²) in [7, 11) is 1.60. The first-order valence-electron chi connectivity index (χ1n) is 6.66. The standard InChI is InChI=1S/C15H16N2O4S/c1-21-11-4-2-3-10(7-11)5-6-13(18)16-8-14-17-12(9-22-14)15(19)20/h2-4,7,9H,5-6,8H2,1H3,(H,16,18)(H,19,20). The van der Waals surface area contributed by atoms with Crippen molar-refractivity contribution in [3.8, 4) is 5.75 Å². The van der Waals surface area contributed by atoms with Gasteiger partial charge in [-0.3, -0.25) is 4.79 Å². The largest absolute Gasteiger partial charge is 0.497 e. The molecule has 0 unspecified atom stereocenters. The molecule has 7 heteroatoms. The number of rotatable bonds is 7. The lowest BCUT2D eigenvalue weighted by Gasteiger charge is -2.05. The minimum Gasteiger partial charge on any atom is -0.497 e. The van der Waals surface area contributed by atoms with Crippen LogP contribution in [0, 0.1) is 0 Å². The number of nitrogens with zero attached hydrogens (tertiary/aromatic N) is 1. The van der Waals surface area contributed by atoms with Crippen LogP contribution >= 0.6 is 11.3 Å². The van der Waals surface area contributed by atoms with Crippen molar-refractivity contribution in [1.29, 1.82) is 0 Å². The molecular weight excluding hydrogens is 304 g/mol. The van der Waals surface area contributed by atoms with Crippen LogP contribution < -0.4 is 10.1 Å². The first-order valence-corrected chi connectivity index (χ1v) is 7.54. The molecule has 1 aromatic heterocycles. The van der Waals surface area contributed by atoms with E-state index >= 15 is 0 Å². The van der Waals surface area contributed by atoms with E-state index < -0.39 is 5.97 Å². The zero-order valence-electron chi connectivity index (χ0n) is 12.0. The van der Waals surface area contributed by atoms with E-state index in [-0.39, 0.29) is 18.1 Å². The number of nitrogens with one attached hydrogen (secondary N) is 1. The van der Waals surface area contributed by atoms with Gasteiger partial charge in [0.15, 0.2) is 5.69 Å². The molecule has 0 fully saturated rings. The number of carbonyl (C=O) groups is 2. The number of hydrogen-bond acceptors (Lipinski definition) is 5. The number of aryl methyl sites for hydroxylation is 1. The van der Waals surface area contributed by atoms with Crippen LogP contribution in [0.4, 0.5) is 0 Å². The van der Waals surface area contributed by atoms with E-state index in [0.717, 1.165) is 11.3 Å². The number of benzene rings is 1. The smallest absolute Gasteiger partial charge is 0.355 e. The van der Waals surface area contributed by atoms with Gasteiger partial charge in [-0.2, -0.15) is 0 Å². The molecule has 0 saturated heterocycles. The average Bonchev–Trinajstić information content (AvgIpc) is 3.00. The first kappa shape index (κ1) is 16.0. The third kappa shape index (κ3) is 4.56. The van der Waals surface area contributed by atoms with Crippen molar-refractivity contribution in [2.45, 2.75) is 19.4 Å². The molecule has 2 aromatic rings. The SMILES string of the molecule is COc1cccc(CCC(=O)NCc2nc(C(=O)O)cs2)c1. The summed E-state index contributed by atoms with van der Waals surface area (Å²) >= 11 is 1.22. The summed E-state index contributed by atoms with van der Waals surface area (Å²) in [5, 5.41) is 13.5. The Balaban J connectivity index is 1.78. The van der Waals surface area contributed by atoms with Crippen molar-refractivity contribution in [3.63, 3.8) is 0 Å². The highest BCUT2D eigenvalue weighted by atomic mass is 32.1. The fraction of sp³-hybridized carbons (Fsp3) is 0.267. The molecule has 0 spiro atoms. The van der Waals surface area contributed by atoms with Crippen LogP contribution in [0.3, 0.4) is 0 Å². The molecule has 0 atom stereocenters. The molecule has 0 aliphatic rings. The molecule has 0 bridgehead atoms. The Morgan fingerprint density at radius 1 is 1.41 bits per heavy atom. The Bertz CT molecular complexity index is 669. The van der Waals surface area contributed by atoms with Gasteiger partial charge in [-0.1, -0.05) is 12.1 Å². The second-order valence-corrected chi connectivity index (χ2v) is 5.50. The van der Waals surface area contributed by atoms with E-state index in [1.807, 2.05) is 24.3 Å². The molecule has 0 radical (unpaired) electrons. The minimum atomic E-state index is -1.06. The number of carboxylic acids is 1. The lowest BCUT2D eigenvalue weighted by atomic mass is 10.1. The molecule has 1 heterocycles. The molecule has 0 aliphatic heterocycles. The molecular formula is C15H16N2O4S. The summed E-state index contributed by atoms with van der Waals surface area (Å²) in [5.74, 6) is -0.399. The fourth-order valence-corrected chi connectivity index (χ4v) is 2.55. The maximum atomic E-state index is 11.8. The van der Waals surface area contributed by atoms with E-state index in [1.54, 1.807) is 7.11 Å². The molecule has 2 N–H and O–H groups in total. The summed E-state index contributed by atoms with van der Waals surface area (Å²) < 4.78 is 5.13. The number of aromatic carboxylic acids is 1. The third-order valence-corrected chi connectivity index (χ3v) is 3.83. The quantitative estimate of drug-likeness (QED) is 0.815. The third-order valence-electron chi connectivity index (χ3n) is 2.98. The maximum absolute atomic E-state index is 11.8. The van der Waals surface area contributed by atoms with Crippen molar-refractivity contribution < 1.29 is 19.4 Å². The average molecular weight is 320 g/mol. The van der Waals surface area contributed by atoms with E-state index in [4.69, 9.17) is 9.84 Å². The molecule has 0 aliphatic carbocycles. The van der Waals surface area contributed by atoms with Gasteiger partial charge >= 0.3 is 5.97 Å². The van der Waals surface area contributed by atoms with Crippen LogP contribution in [0.2, 0.25) is 0 Å². The highest BCUT2D eigenvalue weighted by Gasteiger charge is 2.09. The zero-order chi connectivity index (χ0) is 15.9. The molecule has 6 nitrogen and oxygen atoms in total. The summed E-state index contributed by atoms with van der Waals surface area (Å²) in [6.07, 6.45) is 0.964. The van der Waals surface area contributed by atoms with Gasteiger partial charge in [-0.05, 0) is 24.1 Å². The number of hydrogen-bond donors (Lipinski definition) is 2. The summed E-state index contributed by atoms with van der Waals surface area (Å²) in [5.41, 5.74) is 1.03. The summed E-state index contributed by atoms with van der Waals surface area (Å²) in [4.78, 5) is 26.4. The summed E-state index contributed by atoms with van der Waals surface area (Å²) in [6.45, 7) is 0.245. The van der Waals surface area contributed by atoms with Crippen molar-refractivity contribution in [1.82, 2.24) is 10.3 Å². The Kier molecular flexibility index (Phi) is 5.48. The van der Waals surface area contributed by atoms with Gasteiger partial charge in [0, 0.05) is 11.8 Å². The van der Waals surface area contributed by atoms with Crippen molar-refractivity contribution >= 4 is 23.2 Å². The number of carboxylic acid groups (broad SMARTS) is 1. The number of thiazole rings is 1. The van der Waals surface area contributed by atoms with Crippen molar-refractivity contribution in [3.05, 3.63) is 45.9 Å². The molecule has 0 saturated carbocycles. The highest BCUT2D eigenvalue weighted by molar-refractivity contribution is 7.09. The second kappa shape index (κ2) is 7.56. The van der Waals surface area contributed by atoms with Crippen molar-refractivity contribution in [2.75, 3.05) is 7.11 Å². The number of aromatic nitrogens is 1. The van der Waals surface area contributed by atoms with Gasteiger partial charge in [0.1, 0.15) is 10.8 Å². The Hall–Kier alpha value is -2.41. The first-order chi connectivity index (χ1) is 10.6. The van der Waals surface area contributed by atoms with Crippen LogP contribution in [0.15, 0.2) is 29.6 Å². The van der Waals surface area contributed by atoms with E-state index in [9.17, 15) is 9.59 Å². The number of methoxy groups -OCH3 is 1. The normalized spacial score (nSPS) is 10.2. The fourth-order valence-electron chi connectivity index (χ4n) is 1.84. The lowest BCUT2D eigenvalue weighted by molar-refractivity contribution is -0.121. The number of ether oxygens (including phenoxy) is 1. The van der Waals surface area contributed by atoms with Crippen molar-refractivity contribution in [2.24, 2.45) is 0 Å². The van der Waals surface area contributed by atoms with Gasteiger partial charge in [0.05, 0.1) is 13.7 Å². The highest BCUT2D eigenvalue weighted by Crippen LogP contribution is 2.14. The van der Waals surface area contributed by atoms with Crippen LogP contribution in [-0.4, -0.2) is 29.1 Å². The van der Waals surface area contributed by atoms with Gasteiger partial charge in [-0.25, -0.2) is 9.78 Å². The van der Waals surface area contributed by atoms with E-state index in [0.29, 0.717) is 17.8 Å². The summed E-state index contributed by atoms with van der Waals surface area (Å²) in [6, 6.07) is 7.57. The Morgan fingerprint density at radius 2 is 2.23 bits per heavy atom. The molecule has 2 rings (SSSR count). The predicted molar refractivity (Wildman–Crippen MR) is 82.2 cm³/mol. The minimum absolute atomic E-state index is 0.00521. The van der Waals surface area contributed by atoms with Crippen LogP contribution in [0.25, 0.3) is 0 Å². The predicted octanol–water partition coefficient (Wildman–Crippen LogP) is 2.10. The lowest BCUT2D eigenvalue weighted by Crippen LogP contribution is -2.23. The molecule has 22 heavy (non-hydrogen) atoms. The van der Waals surface area contributed by atoms with Crippen LogP contribution in [0.5, 0.6) is 5.75 Å². The van der Waals surface area contributed by atoms with E-state index in [2.05, 4.69) is 10.3 Å². The van der Waals surface area contributed by atoms with Gasteiger partial charge in [0.25, 0.3) is 0 Å². The second-order valence-electron chi connectivity index (χ2n) is 4.56. The zero-order valence-corrected chi connectivity index (χ0v) is 12.9. The Labute approximate surface area is 131 Å². The van der Waals surface area contributed by atoms with Crippen LogP contribution in [-0.2, 0) is 17.8 Å². The monoisotopic (exact) mass is 320 g/mol. The van der Waals surface area contributed by atoms with Gasteiger partial charge in [-0.15, -0.1) is 11.3 Å². The van der Waals surface area contributed by atoms with E-state index in [1.165, 1.54) is 16.7 Å². The van der Waals surface area contributed by atoms with Gasteiger partial charge < -0.3 is 15.2 Å². The molecule has 1 aromatic carbocycles.